The summed E-state index contributed by atoms with van der Waals surface area (Å²) in [6, 6.07) is 7.18. The van der Waals surface area contributed by atoms with Crippen molar-refractivity contribution in [2.75, 3.05) is 7.11 Å². The number of methoxy groups -OCH3 is 1. The van der Waals surface area contributed by atoms with Crippen LogP contribution in [-0.4, -0.2) is 27.1 Å². The highest BCUT2D eigenvalue weighted by Gasteiger charge is 2.18. The van der Waals surface area contributed by atoms with E-state index in [0.717, 1.165) is 0 Å². The lowest BCUT2D eigenvalue weighted by molar-refractivity contribution is 0.415. The number of hydrogen-bond acceptors (Lipinski definition) is 5. The van der Waals surface area contributed by atoms with Gasteiger partial charge in [-0.1, -0.05) is 0 Å². The first-order valence-electron chi connectivity index (χ1n) is 6.14. The van der Waals surface area contributed by atoms with Crippen molar-refractivity contribution in [3.05, 3.63) is 40.4 Å². The summed E-state index contributed by atoms with van der Waals surface area (Å²) in [6.07, 6.45) is 1.51. The highest BCUT2D eigenvalue weighted by Crippen LogP contribution is 2.30. The van der Waals surface area contributed by atoms with Gasteiger partial charge in [-0.2, -0.15) is 20.7 Å². The number of nitrogens with one attached hydrogen (secondary N) is 1. The van der Waals surface area contributed by atoms with Crippen LogP contribution in [0.5, 0.6) is 5.75 Å². The lowest BCUT2D eigenvalue weighted by Gasteiger charge is -2.11. The van der Waals surface area contributed by atoms with Crippen LogP contribution < -0.4 is 10.3 Å². The van der Waals surface area contributed by atoms with Crippen molar-refractivity contribution in [1.29, 1.82) is 5.26 Å². The third-order valence-corrected chi connectivity index (χ3v) is 3.38. The summed E-state index contributed by atoms with van der Waals surface area (Å²) >= 11 is 0. The molecular formula is C14H11N5O2. The van der Waals surface area contributed by atoms with E-state index in [0.29, 0.717) is 27.8 Å². The highest BCUT2D eigenvalue weighted by atomic mass is 16.5. The largest absolute Gasteiger partial charge is 0.497 e. The first-order chi connectivity index (χ1) is 10.2. The second kappa shape index (κ2) is 4.76. The fraction of sp³-hybridized carbons (Fsp3) is 0.143. The molecule has 7 heteroatoms. The molecule has 0 aliphatic heterocycles. The van der Waals surface area contributed by atoms with Crippen LogP contribution in [0.15, 0.2) is 29.2 Å². The van der Waals surface area contributed by atoms with Crippen LogP contribution in [-0.2, 0) is 7.05 Å². The van der Waals surface area contributed by atoms with Gasteiger partial charge in [0, 0.05) is 23.4 Å². The molecule has 3 rings (SSSR count). The molecule has 3 aromatic rings. The summed E-state index contributed by atoms with van der Waals surface area (Å²) in [4.78, 5) is 12.4. The number of nitriles is 1. The summed E-state index contributed by atoms with van der Waals surface area (Å²) in [5.41, 5.74) is 1.05. The Bertz CT molecular complexity index is 919. The number of ether oxygens (including phenoxy) is 1. The van der Waals surface area contributed by atoms with Gasteiger partial charge in [0.05, 0.1) is 13.3 Å². The van der Waals surface area contributed by atoms with Gasteiger partial charge in [-0.15, -0.1) is 0 Å². The molecule has 0 unspecified atom stereocenters. The molecule has 7 nitrogen and oxygen atoms in total. The second-order valence-corrected chi connectivity index (χ2v) is 4.47. The zero-order chi connectivity index (χ0) is 15.0. The molecule has 2 aromatic heterocycles. The number of pyridine rings is 1. The second-order valence-electron chi connectivity index (χ2n) is 4.47. The Hall–Kier alpha value is -3.14. The van der Waals surface area contributed by atoms with Gasteiger partial charge < -0.3 is 9.30 Å². The molecule has 0 saturated carbocycles. The Morgan fingerprint density at radius 3 is 2.81 bits per heavy atom. The maximum atomic E-state index is 12.4. The lowest BCUT2D eigenvalue weighted by Crippen LogP contribution is -2.20. The number of fused-ring (bicyclic) bond motifs is 1. The van der Waals surface area contributed by atoms with Crippen molar-refractivity contribution in [3.63, 3.8) is 0 Å². The molecule has 21 heavy (non-hydrogen) atoms. The number of rotatable bonds is 2. The van der Waals surface area contributed by atoms with Crippen LogP contribution in [0.1, 0.15) is 5.69 Å². The van der Waals surface area contributed by atoms with E-state index in [1.165, 1.54) is 10.8 Å². The van der Waals surface area contributed by atoms with Crippen LogP contribution in [0.3, 0.4) is 0 Å². The van der Waals surface area contributed by atoms with Crippen LogP contribution in [0.25, 0.3) is 22.0 Å². The van der Waals surface area contributed by atoms with Gasteiger partial charge >= 0.3 is 0 Å². The summed E-state index contributed by atoms with van der Waals surface area (Å²) in [6.45, 7) is 0. The van der Waals surface area contributed by atoms with Crippen molar-refractivity contribution in [2.24, 2.45) is 7.05 Å². The molecule has 0 atom stereocenters. The third-order valence-electron chi connectivity index (χ3n) is 3.38. The molecule has 1 aromatic carbocycles. The van der Waals surface area contributed by atoms with Crippen molar-refractivity contribution >= 4 is 10.8 Å². The Balaban J connectivity index is 2.56. The van der Waals surface area contributed by atoms with Gasteiger partial charge in [0.25, 0.3) is 5.56 Å². The fourth-order valence-corrected chi connectivity index (χ4v) is 2.33. The minimum atomic E-state index is -0.239. The maximum absolute atomic E-state index is 12.4. The number of nitrogens with zero attached hydrogens (tertiary/aromatic N) is 4. The van der Waals surface area contributed by atoms with Gasteiger partial charge in [-0.3, -0.25) is 4.79 Å². The first-order valence-corrected chi connectivity index (χ1v) is 6.14. The van der Waals surface area contributed by atoms with E-state index < -0.39 is 0 Å². The van der Waals surface area contributed by atoms with Crippen molar-refractivity contribution in [3.8, 4) is 23.1 Å². The minimum Gasteiger partial charge on any atom is -0.497 e. The molecule has 0 bridgehead atoms. The molecule has 0 spiro atoms. The topological polar surface area (TPSA) is 96.6 Å². The standard InChI is InChI=1S/C14H11N5O2/c1-19-12(6-15)13(11-7-16-18-17-11)10-5-8(21-2)3-4-9(10)14(19)20/h3-5,7H,1-2H3,(H,16,17,18). The Kier molecular flexibility index (Phi) is 2.92. The van der Waals surface area contributed by atoms with E-state index in [2.05, 4.69) is 21.5 Å². The van der Waals surface area contributed by atoms with E-state index in [1.807, 2.05) is 0 Å². The van der Waals surface area contributed by atoms with Crippen molar-refractivity contribution in [1.82, 2.24) is 20.0 Å². The van der Waals surface area contributed by atoms with Crippen LogP contribution in [0.2, 0.25) is 0 Å². The van der Waals surface area contributed by atoms with Crippen LogP contribution >= 0.6 is 0 Å². The Labute approximate surface area is 119 Å². The lowest BCUT2D eigenvalue weighted by atomic mass is 10.0. The highest BCUT2D eigenvalue weighted by molar-refractivity contribution is 5.98. The van der Waals surface area contributed by atoms with E-state index in [9.17, 15) is 10.1 Å². The Morgan fingerprint density at radius 2 is 2.19 bits per heavy atom. The zero-order valence-electron chi connectivity index (χ0n) is 11.4. The average molecular weight is 281 g/mol. The number of H-pyrrole nitrogens is 1. The van der Waals surface area contributed by atoms with E-state index in [-0.39, 0.29) is 11.3 Å². The molecule has 0 aliphatic rings. The minimum absolute atomic E-state index is 0.231. The normalized spacial score (nSPS) is 10.5. The fourth-order valence-electron chi connectivity index (χ4n) is 2.33. The molecule has 104 valence electrons. The summed E-state index contributed by atoms with van der Waals surface area (Å²) in [7, 11) is 3.11. The molecule has 0 aliphatic carbocycles. The third kappa shape index (κ3) is 1.85. The van der Waals surface area contributed by atoms with E-state index >= 15 is 0 Å². The SMILES string of the molecule is COc1ccc2c(=O)n(C)c(C#N)c(-c3cn[nH]n3)c2c1. The molecule has 2 heterocycles. The molecule has 0 saturated heterocycles. The average Bonchev–Trinajstić information content (AvgIpc) is 3.03. The zero-order valence-corrected chi connectivity index (χ0v) is 11.4. The number of aromatic nitrogens is 4. The maximum Gasteiger partial charge on any atom is 0.259 e. The predicted octanol–water partition coefficient (Wildman–Crippen LogP) is 1.20. The van der Waals surface area contributed by atoms with Crippen molar-refractivity contribution in [2.45, 2.75) is 0 Å². The number of benzene rings is 1. The van der Waals surface area contributed by atoms with Crippen LogP contribution in [0.4, 0.5) is 0 Å². The van der Waals surface area contributed by atoms with Crippen LogP contribution in [0, 0.1) is 11.3 Å². The van der Waals surface area contributed by atoms with Gasteiger partial charge in [0.15, 0.2) is 0 Å². The summed E-state index contributed by atoms with van der Waals surface area (Å²) in [5.74, 6) is 0.601. The smallest absolute Gasteiger partial charge is 0.259 e. The van der Waals surface area contributed by atoms with Gasteiger partial charge in [-0.05, 0) is 18.2 Å². The van der Waals surface area contributed by atoms with E-state index in [1.54, 1.807) is 32.4 Å². The van der Waals surface area contributed by atoms with Gasteiger partial charge in [0.2, 0.25) is 0 Å². The van der Waals surface area contributed by atoms with Gasteiger partial charge in [0.1, 0.15) is 23.2 Å². The predicted molar refractivity (Wildman–Crippen MR) is 75.8 cm³/mol. The van der Waals surface area contributed by atoms with E-state index in [4.69, 9.17) is 4.74 Å². The molecule has 0 fully saturated rings. The summed E-state index contributed by atoms with van der Waals surface area (Å²) in [5, 5.41) is 20.8. The monoisotopic (exact) mass is 281 g/mol. The molecule has 0 radical (unpaired) electrons. The first kappa shape index (κ1) is 12.9. The number of hydrogen-bond donors (Lipinski definition) is 1. The number of aromatic amines is 1. The molecule has 1 N–H and O–H groups in total. The summed E-state index contributed by atoms with van der Waals surface area (Å²) < 4.78 is 6.52. The van der Waals surface area contributed by atoms with Crippen molar-refractivity contribution < 1.29 is 4.74 Å². The molecule has 0 amide bonds. The Morgan fingerprint density at radius 1 is 1.38 bits per heavy atom. The molecular weight excluding hydrogens is 270 g/mol. The quantitative estimate of drug-likeness (QED) is 0.761. The van der Waals surface area contributed by atoms with Gasteiger partial charge in [-0.25, -0.2) is 0 Å².